The van der Waals surface area contributed by atoms with Gasteiger partial charge in [-0.3, -0.25) is 9.20 Å². The van der Waals surface area contributed by atoms with Crippen molar-refractivity contribution in [3.63, 3.8) is 0 Å². The van der Waals surface area contributed by atoms with Gasteiger partial charge >= 0.3 is 0 Å². The monoisotopic (exact) mass is 509 g/mol. The number of carbonyl (C=O) groups excluding carboxylic acids is 1. The molecule has 0 atom stereocenters. The topological polar surface area (TPSA) is 47.7 Å². The van der Waals surface area contributed by atoms with Crippen LogP contribution in [0.3, 0.4) is 0 Å². The van der Waals surface area contributed by atoms with Crippen LogP contribution in [0, 0.1) is 0 Å². The Labute approximate surface area is 221 Å². The minimum Gasteiger partial charge on any atom is -0.494 e. The molecule has 0 radical (unpaired) electrons. The summed E-state index contributed by atoms with van der Waals surface area (Å²) < 4.78 is 10.2. The Bertz CT molecular complexity index is 1570. The van der Waals surface area contributed by atoms with E-state index in [4.69, 9.17) is 16.3 Å². The number of nitrogens with zero attached hydrogens (tertiary/aromatic N) is 2. The number of nitrogens with one attached hydrogen (secondary N) is 1. The Morgan fingerprint density at radius 2 is 1.70 bits per heavy atom. The first-order valence-corrected chi connectivity index (χ1v) is 13.1. The maximum atomic E-state index is 14.0. The van der Waals surface area contributed by atoms with Gasteiger partial charge in [-0.2, -0.15) is 0 Å². The number of anilines is 1. The zero-order valence-electron chi connectivity index (χ0n) is 20.7. The van der Waals surface area contributed by atoms with Crippen LogP contribution in [-0.4, -0.2) is 21.5 Å². The summed E-state index contributed by atoms with van der Waals surface area (Å²) >= 11 is 6.08. The van der Waals surface area contributed by atoms with E-state index in [1.165, 1.54) is 5.56 Å². The van der Waals surface area contributed by atoms with Crippen molar-refractivity contribution in [3.05, 3.63) is 101 Å². The fraction of sp³-hybridized carbons (Fsp3) is 0.194. The smallest absolute Gasteiger partial charge is 0.273 e. The lowest BCUT2D eigenvalue weighted by Gasteiger charge is -2.11. The molecule has 186 valence electrons. The number of rotatable bonds is 6. The van der Waals surface area contributed by atoms with Crippen LogP contribution in [0.1, 0.15) is 35.8 Å². The molecular formula is C31H28ClN3O2. The van der Waals surface area contributed by atoms with Gasteiger partial charge in [-0.1, -0.05) is 54.1 Å². The van der Waals surface area contributed by atoms with Gasteiger partial charge in [0.1, 0.15) is 17.1 Å². The van der Waals surface area contributed by atoms with E-state index in [9.17, 15) is 4.79 Å². The molecule has 1 aliphatic heterocycles. The molecule has 3 heterocycles. The average Bonchev–Trinajstić information content (AvgIpc) is 3.34. The molecule has 3 aromatic carbocycles. The van der Waals surface area contributed by atoms with Gasteiger partial charge in [0.2, 0.25) is 0 Å². The lowest BCUT2D eigenvalue weighted by molar-refractivity contribution is 0.102. The van der Waals surface area contributed by atoms with Crippen LogP contribution in [0.15, 0.2) is 85.1 Å². The van der Waals surface area contributed by atoms with Crippen molar-refractivity contribution in [2.24, 2.45) is 0 Å². The van der Waals surface area contributed by atoms with Gasteiger partial charge < -0.3 is 14.6 Å². The molecule has 1 amide bonds. The molecule has 0 aliphatic carbocycles. The van der Waals surface area contributed by atoms with E-state index in [-0.39, 0.29) is 5.91 Å². The molecule has 0 saturated heterocycles. The first kappa shape index (κ1) is 23.4. The molecular weight excluding hydrogens is 482 g/mol. The standard InChI is InChI=1S/C31H28ClN3O2/c1-2-37-25-17-11-22(12-18-25)28-26-10-6-7-19-34-27(21-8-4-3-5-9-21)20-35(31(26)34)29(28)30(36)33-24-15-13-23(32)14-16-24/h3-5,8-9,11-18,20H,2,6-7,10,19H2,1H3,(H,33,36). The number of aromatic nitrogens is 2. The zero-order valence-corrected chi connectivity index (χ0v) is 21.5. The van der Waals surface area contributed by atoms with Crippen molar-refractivity contribution in [3.8, 4) is 28.1 Å². The highest BCUT2D eigenvalue weighted by Gasteiger charge is 2.29. The molecule has 1 aliphatic rings. The van der Waals surface area contributed by atoms with Crippen molar-refractivity contribution in [1.29, 1.82) is 0 Å². The highest BCUT2D eigenvalue weighted by atomic mass is 35.5. The van der Waals surface area contributed by atoms with Crippen LogP contribution in [0.4, 0.5) is 5.69 Å². The fourth-order valence-corrected chi connectivity index (χ4v) is 5.49. The molecule has 0 fully saturated rings. The fourth-order valence-electron chi connectivity index (χ4n) is 5.37. The van der Waals surface area contributed by atoms with Gasteiger partial charge in [0.25, 0.3) is 5.91 Å². The third kappa shape index (κ3) is 4.30. The first-order valence-electron chi connectivity index (χ1n) is 12.8. The van der Waals surface area contributed by atoms with E-state index < -0.39 is 0 Å². The third-order valence-corrected chi connectivity index (χ3v) is 7.23. The predicted molar refractivity (Wildman–Crippen MR) is 150 cm³/mol. The second-order valence-corrected chi connectivity index (χ2v) is 9.74. The summed E-state index contributed by atoms with van der Waals surface area (Å²) in [6.07, 6.45) is 5.19. The van der Waals surface area contributed by atoms with E-state index in [1.807, 2.05) is 37.3 Å². The second-order valence-electron chi connectivity index (χ2n) is 9.30. The molecule has 5 nitrogen and oxygen atoms in total. The van der Waals surface area contributed by atoms with Crippen LogP contribution < -0.4 is 10.1 Å². The summed E-state index contributed by atoms with van der Waals surface area (Å²) in [5, 5.41) is 3.74. The van der Waals surface area contributed by atoms with E-state index in [0.29, 0.717) is 23.0 Å². The van der Waals surface area contributed by atoms with E-state index in [0.717, 1.165) is 59.6 Å². The Morgan fingerprint density at radius 1 is 0.946 bits per heavy atom. The Kier molecular flexibility index (Phi) is 6.23. The van der Waals surface area contributed by atoms with Crippen LogP contribution in [0.25, 0.3) is 28.0 Å². The van der Waals surface area contributed by atoms with Crippen molar-refractivity contribution in [2.75, 3.05) is 11.9 Å². The van der Waals surface area contributed by atoms with E-state index >= 15 is 0 Å². The van der Waals surface area contributed by atoms with Crippen LogP contribution >= 0.6 is 11.6 Å². The minimum atomic E-state index is -0.148. The highest BCUT2D eigenvalue weighted by Crippen LogP contribution is 2.40. The lowest BCUT2D eigenvalue weighted by atomic mass is 9.97. The number of ether oxygens (including phenoxy) is 1. The SMILES string of the molecule is CCOc1ccc(-c2c3c4n(c(-c5ccccc5)cn4c2C(=O)Nc2ccc(Cl)cc2)CCCC3)cc1. The molecule has 0 bridgehead atoms. The number of carbonyl (C=O) groups is 1. The van der Waals surface area contributed by atoms with E-state index in [1.54, 1.807) is 12.1 Å². The number of benzene rings is 3. The molecule has 6 heteroatoms. The predicted octanol–water partition coefficient (Wildman–Crippen LogP) is 7.72. The maximum absolute atomic E-state index is 14.0. The largest absolute Gasteiger partial charge is 0.494 e. The summed E-state index contributed by atoms with van der Waals surface area (Å²) in [4.78, 5) is 14.0. The lowest BCUT2D eigenvalue weighted by Crippen LogP contribution is -2.15. The summed E-state index contributed by atoms with van der Waals surface area (Å²) in [5.41, 5.74) is 7.92. The van der Waals surface area contributed by atoms with Crippen molar-refractivity contribution in [2.45, 2.75) is 32.7 Å². The molecule has 0 spiro atoms. The molecule has 0 saturated carbocycles. The summed E-state index contributed by atoms with van der Waals surface area (Å²) in [6, 6.07) is 25.7. The first-order chi connectivity index (χ1) is 18.1. The normalized spacial score (nSPS) is 12.9. The number of halogens is 1. The molecule has 6 rings (SSSR count). The average molecular weight is 510 g/mol. The number of hydrogen-bond acceptors (Lipinski definition) is 2. The van der Waals surface area contributed by atoms with Crippen molar-refractivity contribution in [1.82, 2.24) is 8.97 Å². The molecule has 1 N–H and O–H groups in total. The van der Waals surface area contributed by atoms with Gasteiger partial charge in [-0.05, 0) is 73.7 Å². The quantitative estimate of drug-likeness (QED) is 0.255. The van der Waals surface area contributed by atoms with Gasteiger partial charge in [0, 0.05) is 34.6 Å². The van der Waals surface area contributed by atoms with Crippen LogP contribution in [0.2, 0.25) is 5.02 Å². The van der Waals surface area contributed by atoms with Crippen molar-refractivity contribution < 1.29 is 9.53 Å². The molecule has 5 aromatic rings. The van der Waals surface area contributed by atoms with Gasteiger partial charge in [-0.15, -0.1) is 0 Å². The Morgan fingerprint density at radius 3 is 2.43 bits per heavy atom. The number of hydrogen-bond donors (Lipinski definition) is 1. The zero-order chi connectivity index (χ0) is 25.4. The van der Waals surface area contributed by atoms with Gasteiger partial charge in [0.15, 0.2) is 0 Å². The van der Waals surface area contributed by atoms with Gasteiger partial charge in [-0.25, -0.2) is 0 Å². The molecule has 37 heavy (non-hydrogen) atoms. The minimum absolute atomic E-state index is 0.148. The van der Waals surface area contributed by atoms with Crippen molar-refractivity contribution >= 4 is 28.8 Å². The Hall–Kier alpha value is -3.96. The summed E-state index contributed by atoms with van der Waals surface area (Å²) in [6.45, 7) is 3.50. The molecule has 2 aromatic heterocycles. The van der Waals surface area contributed by atoms with E-state index in [2.05, 4.69) is 56.9 Å². The van der Waals surface area contributed by atoms with Crippen LogP contribution in [-0.2, 0) is 13.0 Å². The number of amides is 1. The Balaban J connectivity index is 1.57. The maximum Gasteiger partial charge on any atom is 0.273 e. The van der Waals surface area contributed by atoms with Gasteiger partial charge in [0.05, 0.1) is 12.3 Å². The highest BCUT2D eigenvalue weighted by molar-refractivity contribution is 6.30. The second kappa shape index (κ2) is 9.83. The molecule has 0 unspecified atom stereocenters. The number of aryl methyl sites for hydroxylation is 2. The third-order valence-electron chi connectivity index (χ3n) is 6.97. The van der Waals surface area contributed by atoms with Crippen LogP contribution in [0.5, 0.6) is 5.75 Å². The summed E-state index contributed by atoms with van der Waals surface area (Å²) in [5.74, 6) is 0.675. The number of imidazole rings is 1. The summed E-state index contributed by atoms with van der Waals surface area (Å²) in [7, 11) is 0.